The minimum atomic E-state index is 0.339. The first-order chi connectivity index (χ1) is 12.7. The molecule has 0 spiro atoms. The molecular weight excluding hydrogens is 350 g/mol. The predicted molar refractivity (Wildman–Crippen MR) is 100 cm³/mol. The third kappa shape index (κ3) is 3.14. The van der Waals surface area contributed by atoms with Crippen molar-refractivity contribution in [3.05, 3.63) is 71.6 Å². The molecular formula is C19H14ClN5O. The predicted octanol–water partition coefficient (Wildman–Crippen LogP) is 4.90. The number of hydrogen-bond acceptors (Lipinski definition) is 6. The van der Waals surface area contributed by atoms with Crippen molar-refractivity contribution < 1.29 is 4.52 Å². The van der Waals surface area contributed by atoms with Gasteiger partial charge in [0.25, 0.3) is 5.89 Å². The standard InChI is InChI=1S/C19H14ClN5O/c1-12-15(20)8-5-9-16(12)23-18-14(10-21-11-22-18)19-24-17(25-26-19)13-6-3-2-4-7-13/h2-11H,1H3,(H,21,22,23). The third-order valence-corrected chi connectivity index (χ3v) is 4.33. The monoisotopic (exact) mass is 363 g/mol. The Balaban J connectivity index is 1.71. The van der Waals surface area contributed by atoms with Gasteiger partial charge in [0.1, 0.15) is 17.7 Å². The second-order valence-corrected chi connectivity index (χ2v) is 6.02. The summed E-state index contributed by atoms with van der Waals surface area (Å²) in [6.07, 6.45) is 3.09. The number of nitrogens with zero attached hydrogens (tertiary/aromatic N) is 4. The highest BCUT2D eigenvalue weighted by atomic mass is 35.5. The zero-order valence-electron chi connectivity index (χ0n) is 13.8. The van der Waals surface area contributed by atoms with Crippen molar-refractivity contribution in [1.29, 1.82) is 0 Å². The summed E-state index contributed by atoms with van der Waals surface area (Å²) in [4.78, 5) is 12.9. The van der Waals surface area contributed by atoms with Crippen LogP contribution in [0.15, 0.2) is 65.6 Å². The molecule has 7 heteroatoms. The van der Waals surface area contributed by atoms with Crippen LogP contribution < -0.4 is 5.32 Å². The molecule has 0 atom stereocenters. The summed E-state index contributed by atoms with van der Waals surface area (Å²) in [6.45, 7) is 1.94. The van der Waals surface area contributed by atoms with Crippen molar-refractivity contribution in [2.45, 2.75) is 6.92 Å². The van der Waals surface area contributed by atoms with Crippen LogP contribution in [0.1, 0.15) is 5.56 Å². The fraction of sp³-hybridized carbons (Fsp3) is 0.0526. The fourth-order valence-corrected chi connectivity index (χ4v) is 2.67. The molecule has 26 heavy (non-hydrogen) atoms. The Morgan fingerprint density at radius 3 is 2.73 bits per heavy atom. The van der Waals surface area contributed by atoms with E-state index in [0.717, 1.165) is 16.8 Å². The second-order valence-electron chi connectivity index (χ2n) is 5.61. The first-order valence-electron chi connectivity index (χ1n) is 7.94. The van der Waals surface area contributed by atoms with Gasteiger partial charge in [-0.1, -0.05) is 53.2 Å². The van der Waals surface area contributed by atoms with Crippen molar-refractivity contribution >= 4 is 23.1 Å². The summed E-state index contributed by atoms with van der Waals surface area (Å²) in [5, 5.41) is 7.99. The molecule has 0 amide bonds. The average Bonchev–Trinajstić information content (AvgIpc) is 3.17. The highest BCUT2D eigenvalue weighted by Gasteiger charge is 2.16. The molecule has 4 aromatic rings. The maximum atomic E-state index is 6.19. The summed E-state index contributed by atoms with van der Waals surface area (Å²) >= 11 is 6.19. The number of benzene rings is 2. The van der Waals surface area contributed by atoms with Crippen LogP contribution >= 0.6 is 11.6 Å². The maximum absolute atomic E-state index is 6.19. The van der Waals surface area contributed by atoms with Crippen LogP contribution in [0, 0.1) is 6.92 Å². The third-order valence-electron chi connectivity index (χ3n) is 3.92. The molecule has 0 radical (unpaired) electrons. The molecule has 0 aliphatic rings. The van der Waals surface area contributed by atoms with E-state index in [0.29, 0.717) is 28.1 Å². The number of anilines is 2. The summed E-state index contributed by atoms with van der Waals surface area (Å²) in [6, 6.07) is 15.3. The molecule has 0 saturated heterocycles. The van der Waals surface area contributed by atoms with Gasteiger partial charge in [-0.05, 0) is 24.6 Å². The van der Waals surface area contributed by atoms with E-state index in [1.165, 1.54) is 6.33 Å². The van der Waals surface area contributed by atoms with Crippen molar-refractivity contribution in [2.75, 3.05) is 5.32 Å². The topological polar surface area (TPSA) is 76.7 Å². The van der Waals surface area contributed by atoms with Gasteiger partial charge >= 0.3 is 0 Å². The Bertz CT molecular complexity index is 1050. The molecule has 0 saturated carbocycles. The highest BCUT2D eigenvalue weighted by Crippen LogP contribution is 2.31. The van der Waals surface area contributed by atoms with E-state index < -0.39 is 0 Å². The smallest absolute Gasteiger partial charge is 0.263 e. The number of hydrogen-bond donors (Lipinski definition) is 1. The first kappa shape index (κ1) is 16.2. The Hall–Kier alpha value is -3.25. The first-order valence-corrected chi connectivity index (χ1v) is 8.32. The lowest BCUT2D eigenvalue weighted by Gasteiger charge is -2.11. The lowest BCUT2D eigenvalue weighted by Crippen LogP contribution is -1.99. The maximum Gasteiger partial charge on any atom is 0.263 e. The zero-order valence-corrected chi connectivity index (χ0v) is 14.6. The second kappa shape index (κ2) is 6.93. The van der Waals surface area contributed by atoms with Gasteiger partial charge in [-0.25, -0.2) is 9.97 Å². The Labute approximate surface area is 154 Å². The summed E-state index contributed by atoms with van der Waals surface area (Å²) in [7, 11) is 0. The van der Waals surface area contributed by atoms with E-state index in [1.54, 1.807) is 6.20 Å². The van der Waals surface area contributed by atoms with E-state index in [1.807, 2.05) is 55.5 Å². The van der Waals surface area contributed by atoms with Gasteiger partial charge in [0.2, 0.25) is 5.82 Å². The zero-order chi connectivity index (χ0) is 17.9. The largest absolute Gasteiger partial charge is 0.339 e. The van der Waals surface area contributed by atoms with E-state index in [-0.39, 0.29) is 0 Å². The molecule has 2 aromatic heterocycles. The summed E-state index contributed by atoms with van der Waals surface area (Å²) in [5.41, 5.74) is 3.26. The van der Waals surface area contributed by atoms with Gasteiger partial charge in [-0.15, -0.1) is 0 Å². The van der Waals surface area contributed by atoms with Gasteiger partial charge in [-0.3, -0.25) is 0 Å². The number of aromatic nitrogens is 4. The van der Waals surface area contributed by atoms with E-state index in [9.17, 15) is 0 Å². The summed E-state index contributed by atoms with van der Waals surface area (Å²) < 4.78 is 5.43. The van der Waals surface area contributed by atoms with Crippen molar-refractivity contribution in [1.82, 2.24) is 20.1 Å². The van der Waals surface area contributed by atoms with Gasteiger partial charge in [0, 0.05) is 22.5 Å². The van der Waals surface area contributed by atoms with Gasteiger partial charge in [0.15, 0.2) is 0 Å². The molecule has 2 aromatic carbocycles. The number of nitrogens with one attached hydrogen (secondary N) is 1. The van der Waals surface area contributed by atoms with Crippen LogP contribution in [0.3, 0.4) is 0 Å². The minimum Gasteiger partial charge on any atom is -0.339 e. The molecule has 0 fully saturated rings. The lowest BCUT2D eigenvalue weighted by atomic mass is 10.2. The normalized spacial score (nSPS) is 10.7. The van der Waals surface area contributed by atoms with Gasteiger partial charge in [0.05, 0.1) is 0 Å². The number of rotatable bonds is 4. The Morgan fingerprint density at radius 2 is 1.88 bits per heavy atom. The van der Waals surface area contributed by atoms with Gasteiger partial charge < -0.3 is 9.84 Å². The number of halogens is 1. The van der Waals surface area contributed by atoms with Crippen LogP contribution in [-0.4, -0.2) is 20.1 Å². The van der Waals surface area contributed by atoms with Crippen molar-refractivity contribution in [2.24, 2.45) is 0 Å². The lowest BCUT2D eigenvalue weighted by molar-refractivity contribution is 0.432. The van der Waals surface area contributed by atoms with Crippen LogP contribution in [0.5, 0.6) is 0 Å². The average molecular weight is 364 g/mol. The molecule has 2 heterocycles. The molecule has 0 bridgehead atoms. The molecule has 0 aliphatic heterocycles. The SMILES string of the molecule is Cc1c(Cl)cccc1Nc1ncncc1-c1nc(-c2ccccc2)no1. The van der Waals surface area contributed by atoms with Crippen molar-refractivity contribution in [3.63, 3.8) is 0 Å². The van der Waals surface area contributed by atoms with E-state index in [2.05, 4.69) is 25.4 Å². The minimum absolute atomic E-state index is 0.339. The molecule has 6 nitrogen and oxygen atoms in total. The van der Waals surface area contributed by atoms with E-state index in [4.69, 9.17) is 16.1 Å². The molecule has 1 N–H and O–H groups in total. The Kier molecular flexibility index (Phi) is 4.33. The van der Waals surface area contributed by atoms with Crippen LogP contribution in [0.2, 0.25) is 5.02 Å². The molecule has 4 rings (SSSR count). The fourth-order valence-electron chi connectivity index (χ4n) is 2.49. The van der Waals surface area contributed by atoms with Crippen LogP contribution in [0.25, 0.3) is 22.8 Å². The molecule has 0 aliphatic carbocycles. The van der Waals surface area contributed by atoms with Crippen LogP contribution in [-0.2, 0) is 0 Å². The summed E-state index contributed by atoms with van der Waals surface area (Å²) in [5.74, 6) is 1.41. The molecule has 128 valence electrons. The molecule has 0 unspecified atom stereocenters. The Morgan fingerprint density at radius 1 is 1.04 bits per heavy atom. The highest BCUT2D eigenvalue weighted by molar-refractivity contribution is 6.31. The van der Waals surface area contributed by atoms with Crippen LogP contribution in [0.4, 0.5) is 11.5 Å². The van der Waals surface area contributed by atoms with Gasteiger partial charge in [-0.2, -0.15) is 4.98 Å². The quantitative estimate of drug-likeness (QED) is 0.555. The van der Waals surface area contributed by atoms with E-state index >= 15 is 0 Å². The van der Waals surface area contributed by atoms with Crippen molar-refractivity contribution in [3.8, 4) is 22.8 Å².